The molecule has 0 aliphatic heterocycles. The molecule has 1 N–H and O–H groups in total. The number of nitrogens with one attached hydrogen (secondary N) is 1. The molecule has 0 aliphatic rings. The van der Waals surface area contributed by atoms with Crippen molar-refractivity contribution in [2.45, 2.75) is 39.3 Å². The Hall–Kier alpha value is -1.39. The van der Waals surface area contributed by atoms with Crippen LogP contribution in [0, 0.1) is 0 Å². The van der Waals surface area contributed by atoms with Gasteiger partial charge in [-0.05, 0) is 38.1 Å². The number of aromatic nitrogens is 1. The number of ether oxygens (including phenoxy) is 1. The highest BCUT2D eigenvalue weighted by Gasteiger charge is 2.13. The molecule has 0 saturated carbocycles. The van der Waals surface area contributed by atoms with Gasteiger partial charge in [0.15, 0.2) is 0 Å². The number of benzene rings is 1. The van der Waals surface area contributed by atoms with E-state index < -0.39 is 0 Å². The molecule has 3 nitrogen and oxygen atoms in total. The summed E-state index contributed by atoms with van der Waals surface area (Å²) in [7, 11) is 0. The predicted octanol–water partition coefficient (Wildman–Crippen LogP) is 3.82. The Morgan fingerprint density at radius 2 is 2.20 bits per heavy atom. The van der Waals surface area contributed by atoms with E-state index in [9.17, 15) is 0 Å². The normalized spacial score (nSPS) is 12.6. The van der Waals surface area contributed by atoms with Crippen molar-refractivity contribution in [1.29, 1.82) is 0 Å². The second-order valence-electron chi connectivity index (χ2n) is 5.02. The van der Waals surface area contributed by atoms with Crippen LogP contribution in [0.4, 0.5) is 0 Å². The average molecular weight is 290 g/mol. The molecule has 0 amide bonds. The van der Waals surface area contributed by atoms with Crippen molar-refractivity contribution in [3.05, 3.63) is 46.4 Å². The first-order chi connectivity index (χ1) is 9.69. The van der Waals surface area contributed by atoms with Crippen molar-refractivity contribution in [2.24, 2.45) is 0 Å². The first-order valence-electron chi connectivity index (χ1n) is 7.06. The van der Waals surface area contributed by atoms with E-state index in [1.54, 1.807) is 11.3 Å². The standard InChI is InChI=1S/C16H22N2OS/c1-4-18-16(9-15-10-17-11-20-15)13-6-5-7-14(8-13)19-12(2)3/h5-8,10-12,16,18H,4,9H2,1-3H3. The van der Waals surface area contributed by atoms with Crippen molar-refractivity contribution < 1.29 is 4.74 Å². The molecule has 0 bridgehead atoms. The molecule has 0 saturated heterocycles. The molecule has 2 aromatic rings. The van der Waals surface area contributed by atoms with Crippen molar-refractivity contribution in [2.75, 3.05) is 6.54 Å². The lowest BCUT2D eigenvalue weighted by atomic mass is 10.0. The summed E-state index contributed by atoms with van der Waals surface area (Å²) >= 11 is 1.70. The summed E-state index contributed by atoms with van der Waals surface area (Å²) in [5.74, 6) is 0.935. The summed E-state index contributed by atoms with van der Waals surface area (Å²) in [5.41, 5.74) is 3.15. The fraction of sp³-hybridized carbons (Fsp3) is 0.438. The van der Waals surface area contributed by atoms with Crippen LogP contribution in [-0.2, 0) is 6.42 Å². The van der Waals surface area contributed by atoms with Gasteiger partial charge in [0.05, 0.1) is 11.6 Å². The van der Waals surface area contributed by atoms with Gasteiger partial charge in [-0.15, -0.1) is 11.3 Å². The van der Waals surface area contributed by atoms with Gasteiger partial charge in [-0.2, -0.15) is 0 Å². The van der Waals surface area contributed by atoms with Gasteiger partial charge >= 0.3 is 0 Å². The third-order valence-electron chi connectivity index (χ3n) is 2.97. The van der Waals surface area contributed by atoms with Gasteiger partial charge in [-0.3, -0.25) is 4.98 Å². The SMILES string of the molecule is CCNC(Cc1cncs1)c1cccc(OC(C)C)c1. The topological polar surface area (TPSA) is 34.2 Å². The molecule has 1 atom stereocenters. The molecule has 1 aromatic carbocycles. The summed E-state index contributed by atoms with van der Waals surface area (Å²) in [6.45, 7) is 7.17. The summed E-state index contributed by atoms with van der Waals surface area (Å²) < 4.78 is 5.78. The fourth-order valence-corrected chi connectivity index (χ4v) is 2.82. The Balaban J connectivity index is 2.15. The second kappa shape index (κ2) is 7.41. The first kappa shape index (κ1) is 15.0. The van der Waals surface area contributed by atoms with E-state index in [4.69, 9.17) is 4.74 Å². The third-order valence-corrected chi connectivity index (χ3v) is 3.77. The summed E-state index contributed by atoms with van der Waals surface area (Å²) in [6.07, 6.45) is 3.11. The van der Waals surface area contributed by atoms with Crippen LogP contribution < -0.4 is 10.1 Å². The van der Waals surface area contributed by atoms with Crippen molar-refractivity contribution in [3.63, 3.8) is 0 Å². The molecule has 108 valence electrons. The highest BCUT2D eigenvalue weighted by atomic mass is 32.1. The minimum Gasteiger partial charge on any atom is -0.491 e. The second-order valence-corrected chi connectivity index (χ2v) is 5.99. The predicted molar refractivity (Wildman–Crippen MR) is 84.4 cm³/mol. The summed E-state index contributed by atoms with van der Waals surface area (Å²) in [4.78, 5) is 5.45. The highest BCUT2D eigenvalue weighted by Crippen LogP contribution is 2.24. The smallest absolute Gasteiger partial charge is 0.120 e. The average Bonchev–Trinajstić information content (AvgIpc) is 2.91. The number of likely N-dealkylation sites (N-methyl/N-ethyl adjacent to an activating group) is 1. The van der Waals surface area contributed by atoms with Crippen LogP contribution in [0.3, 0.4) is 0 Å². The van der Waals surface area contributed by atoms with Gasteiger partial charge in [-0.25, -0.2) is 0 Å². The Morgan fingerprint density at radius 1 is 1.35 bits per heavy atom. The Labute approximate surface area is 125 Å². The lowest BCUT2D eigenvalue weighted by molar-refractivity contribution is 0.242. The summed E-state index contributed by atoms with van der Waals surface area (Å²) in [5, 5.41) is 3.54. The van der Waals surface area contributed by atoms with E-state index in [0.717, 1.165) is 18.7 Å². The van der Waals surface area contributed by atoms with Gasteiger partial charge in [0.25, 0.3) is 0 Å². The lowest BCUT2D eigenvalue weighted by Gasteiger charge is -2.19. The molecular weight excluding hydrogens is 268 g/mol. The number of hydrogen-bond donors (Lipinski definition) is 1. The van der Waals surface area contributed by atoms with Gasteiger partial charge in [0, 0.05) is 23.5 Å². The molecule has 20 heavy (non-hydrogen) atoms. The van der Waals surface area contributed by atoms with Crippen LogP contribution in [0.15, 0.2) is 36.0 Å². The van der Waals surface area contributed by atoms with E-state index in [2.05, 4.69) is 35.4 Å². The van der Waals surface area contributed by atoms with Crippen LogP contribution in [-0.4, -0.2) is 17.6 Å². The van der Waals surface area contributed by atoms with Gasteiger partial charge in [0.1, 0.15) is 5.75 Å². The first-order valence-corrected chi connectivity index (χ1v) is 7.94. The molecule has 1 aromatic heterocycles. The van der Waals surface area contributed by atoms with E-state index >= 15 is 0 Å². The lowest BCUT2D eigenvalue weighted by Crippen LogP contribution is -2.22. The number of nitrogens with zero attached hydrogens (tertiary/aromatic N) is 1. The Kier molecular flexibility index (Phi) is 5.56. The number of thiazole rings is 1. The van der Waals surface area contributed by atoms with Crippen molar-refractivity contribution in [1.82, 2.24) is 10.3 Å². The quantitative estimate of drug-likeness (QED) is 0.841. The van der Waals surface area contributed by atoms with Crippen LogP contribution in [0.5, 0.6) is 5.75 Å². The Bertz CT molecular complexity index is 511. The van der Waals surface area contributed by atoms with E-state index in [0.29, 0.717) is 6.04 Å². The zero-order chi connectivity index (χ0) is 14.4. The molecule has 1 heterocycles. The van der Waals surface area contributed by atoms with Crippen molar-refractivity contribution >= 4 is 11.3 Å². The molecule has 1 unspecified atom stereocenters. The summed E-state index contributed by atoms with van der Waals surface area (Å²) in [6, 6.07) is 8.66. The van der Waals surface area contributed by atoms with E-state index in [1.807, 2.05) is 31.6 Å². The molecule has 4 heteroatoms. The molecule has 0 fully saturated rings. The zero-order valence-electron chi connectivity index (χ0n) is 12.3. The Morgan fingerprint density at radius 3 is 2.85 bits per heavy atom. The minimum atomic E-state index is 0.198. The minimum absolute atomic E-state index is 0.198. The molecule has 0 spiro atoms. The maximum atomic E-state index is 5.78. The third kappa shape index (κ3) is 4.32. The number of rotatable bonds is 7. The van der Waals surface area contributed by atoms with E-state index in [1.165, 1.54) is 10.4 Å². The largest absolute Gasteiger partial charge is 0.491 e. The fourth-order valence-electron chi connectivity index (χ4n) is 2.18. The molecule has 0 radical (unpaired) electrons. The van der Waals surface area contributed by atoms with Gasteiger partial charge in [-0.1, -0.05) is 19.1 Å². The maximum absolute atomic E-state index is 5.78. The van der Waals surface area contributed by atoms with Crippen molar-refractivity contribution in [3.8, 4) is 5.75 Å². The molecule has 0 aliphatic carbocycles. The van der Waals surface area contributed by atoms with Gasteiger partial charge in [0.2, 0.25) is 0 Å². The maximum Gasteiger partial charge on any atom is 0.120 e. The van der Waals surface area contributed by atoms with E-state index in [-0.39, 0.29) is 6.10 Å². The van der Waals surface area contributed by atoms with Gasteiger partial charge < -0.3 is 10.1 Å². The van der Waals surface area contributed by atoms with Crippen LogP contribution in [0.25, 0.3) is 0 Å². The highest BCUT2D eigenvalue weighted by molar-refractivity contribution is 7.09. The zero-order valence-corrected chi connectivity index (χ0v) is 13.1. The monoisotopic (exact) mass is 290 g/mol. The van der Waals surface area contributed by atoms with Crippen LogP contribution in [0.2, 0.25) is 0 Å². The molecular formula is C16H22N2OS. The number of hydrogen-bond acceptors (Lipinski definition) is 4. The molecule has 2 rings (SSSR count). The van der Waals surface area contributed by atoms with Crippen LogP contribution >= 0.6 is 11.3 Å². The van der Waals surface area contributed by atoms with Crippen LogP contribution in [0.1, 0.15) is 37.3 Å².